The third-order valence-corrected chi connectivity index (χ3v) is 4.91. The maximum atomic E-state index is 11.7. The van der Waals surface area contributed by atoms with Crippen LogP contribution in [-0.2, 0) is 22.4 Å². The summed E-state index contributed by atoms with van der Waals surface area (Å²) in [4.78, 5) is 29.6. The number of carbonyl (C=O) groups excluding carboxylic acids is 1. The lowest BCUT2D eigenvalue weighted by Gasteiger charge is -2.21. The molecule has 28 heavy (non-hydrogen) atoms. The first kappa shape index (κ1) is 19.9. The van der Waals surface area contributed by atoms with Crippen molar-refractivity contribution in [3.8, 4) is 0 Å². The highest BCUT2D eigenvalue weighted by Crippen LogP contribution is 2.26. The number of nitrogens with zero attached hydrogens (tertiary/aromatic N) is 2. The average molecular weight is 381 g/mol. The molecule has 0 bridgehead atoms. The summed E-state index contributed by atoms with van der Waals surface area (Å²) in [5, 5.41) is 12.1. The maximum Gasteiger partial charge on any atom is 0.307 e. The van der Waals surface area contributed by atoms with Crippen LogP contribution in [0.5, 0.6) is 0 Å². The van der Waals surface area contributed by atoms with Gasteiger partial charge in [-0.3, -0.25) is 14.6 Å². The molecule has 0 aliphatic carbocycles. The molecule has 1 aliphatic rings. The average Bonchev–Trinajstić information content (AvgIpc) is 3.19. The summed E-state index contributed by atoms with van der Waals surface area (Å²) in [5.41, 5.74) is 4.57. The van der Waals surface area contributed by atoms with Gasteiger partial charge in [0.15, 0.2) is 0 Å². The van der Waals surface area contributed by atoms with Gasteiger partial charge in [0.2, 0.25) is 5.91 Å². The van der Waals surface area contributed by atoms with E-state index >= 15 is 0 Å². The predicted molar refractivity (Wildman–Crippen MR) is 110 cm³/mol. The van der Waals surface area contributed by atoms with E-state index in [0.717, 1.165) is 60.5 Å². The van der Waals surface area contributed by atoms with Crippen LogP contribution in [0.1, 0.15) is 49.4 Å². The highest BCUT2D eigenvalue weighted by molar-refractivity contribution is 5.90. The van der Waals surface area contributed by atoms with Crippen molar-refractivity contribution in [2.75, 3.05) is 23.3 Å². The first-order valence-electron chi connectivity index (χ1n) is 9.88. The van der Waals surface area contributed by atoms with Crippen LogP contribution in [-0.4, -0.2) is 35.1 Å². The number of carboxylic acids is 1. The van der Waals surface area contributed by atoms with Gasteiger partial charge in [0.25, 0.3) is 0 Å². The molecule has 0 radical (unpaired) electrons. The lowest BCUT2D eigenvalue weighted by atomic mass is 10.1. The normalized spacial score (nSPS) is 13.5. The zero-order valence-corrected chi connectivity index (χ0v) is 16.3. The Morgan fingerprint density at radius 2 is 1.89 bits per heavy atom. The summed E-state index contributed by atoms with van der Waals surface area (Å²) >= 11 is 0. The van der Waals surface area contributed by atoms with Gasteiger partial charge in [0.1, 0.15) is 0 Å². The molecule has 1 aliphatic heterocycles. The fourth-order valence-electron chi connectivity index (χ4n) is 3.53. The zero-order chi connectivity index (χ0) is 19.9. The van der Waals surface area contributed by atoms with Gasteiger partial charge < -0.3 is 15.3 Å². The smallest absolute Gasteiger partial charge is 0.307 e. The largest absolute Gasteiger partial charge is 0.481 e. The number of carboxylic acid groups (broad SMARTS) is 1. The lowest BCUT2D eigenvalue weighted by molar-refractivity contribution is -0.136. The minimum absolute atomic E-state index is 0.00866. The van der Waals surface area contributed by atoms with E-state index < -0.39 is 5.97 Å². The third-order valence-electron chi connectivity index (χ3n) is 4.91. The van der Waals surface area contributed by atoms with E-state index in [-0.39, 0.29) is 12.3 Å². The second-order valence-electron chi connectivity index (χ2n) is 7.24. The number of benzene rings is 1. The lowest BCUT2D eigenvalue weighted by Crippen LogP contribution is -2.21. The number of hydrogen-bond acceptors (Lipinski definition) is 4. The molecule has 6 nitrogen and oxygen atoms in total. The molecule has 1 amide bonds. The van der Waals surface area contributed by atoms with E-state index in [2.05, 4.69) is 15.2 Å². The number of pyridine rings is 1. The highest BCUT2D eigenvalue weighted by atomic mass is 16.4. The van der Waals surface area contributed by atoms with E-state index in [4.69, 9.17) is 0 Å². The number of hydrogen-bond donors (Lipinski definition) is 2. The van der Waals surface area contributed by atoms with Crippen LogP contribution in [0, 0.1) is 0 Å². The van der Waals surface area contributed by atoms with Crippen molar-refractivity contribution in [3.05, 3.63) is 53.3 Å². The van der Waals surface area contributed by atoms with Gasteiger partial charge in [0.05, 0.1) is 6.42 Å². The van der Waals surface area contributed by atoms with Gasteiger partial charge in [-0.25, -0.2) is 0 Å². The molecule has 1 aromatic heterocycles. The van der Waals surface area contributed by atoms with Crippen molar-refractivity contribution in [2.24, 2.45) is 0 Å². The van der Waals surface area contributed by atoms with Crippen LogP contribution in [0.15, 0.2) is 36.5 Å². The van der Waals surface area contributed by atoms with Crippen molar-refractivity contribution in [1.29, 1.82) is 0 Å². The van der Waals surface area contributed by atoms with Crippen molar-refractivity contribution >= 4 is 23.3 Å². The molecule has 0 saturated carbocycles. The number of rotatable bonds is 8. The van der Waals surface area contributed by atoms with Gasteiger partial charge in [-0.1, -0.05) is 19.1 Å². The number of aliphatic carboxylic acids is 1. The molecule has 3 rings (SSSR count). The molecule has 148 valence electrons. The Morgan fingerprint density at radius 3 is 2.54 bits per heavy atom. The quantitative estimate of drug-likeness (QED) is 0.729. The number of amides is 1. The Labute approximate surface area is 165 Å². The SMILES string of the molecule is CCCC(=O)Nc1ccc(Cc2cc(N3CCCC3)c(CC(=O)O)cn2)cc1. The Balaban J connectivity index is 1.73. The Kier molecular flexibility index (Phi) is 6.63. The number of carbonyl (C=O) groups is 2. The molecule has 1 saturated heterocycles. The molecule has 1 fully saturated rings. The third kappa shape index (κ3) is 5.31. The fourth-order valence-corrected chi connectivity index (χ4v) is 3.53. The van der Waals surface area contributed by atoms with Crippen molar-refractivity contribution < 1.29 is 14.7 Å². The summed E-state index contributed by atoms with van der Waals surface area (Å²) in [6.45, 7) is 3.90. The van der Waals surface area contributed by atoms with Crippen LogP contribution in [0.25, 0.3) is 0 Å². The topological polar surface area (TPSA) is 82.5 Å². The van der Waals surface area contributed by atoms with Gasteiger partial charge in [-0.15, -0.1) is 0 Å². The number of anilines is 2. The van der Waals surface area contributed by atoms with Crippen LogP contribution < -0.4 is 10.2 Å². The standard InChI is InChI=1S/C22H27N3O3/c1-2-5-21(26)24-18-8-6-16(7-9-18)12-19-14-20(25-10-3-4-11-25)17(15-23-19)13-22(27)28/h6-9,14-15H,2-5,10-13H2,1H3,(H,24,26)(H,27,28). The van der Waals surface area contributed by atoms with E-state index in [9.17, 15) is 14.7 Å². The van der Waals surface area contributed by atoms with Gasteiger partial charge in [0, 0.05) is 54.8 Å². The van der Waals surface area contributed by atoms with E-state index in [1.165, 1.54) is 0 Å². The molecule has 1 aromatic carbocycles. The molecular formula is C22H27N3O3. The van der Waals surface area contributed by atoms with E-state index in [0.29, 0.717) is 12.8 Å². The van der Waals surface area contributed by atoms with Crippen LogP contribution in [0.3, 0.4) is 0 Å². The van der Waals surface area contributed by atoms with Crippen LogP contribution in [0.2, 0.25) is 0 Å². The zero-order valence-electron chi connectivity index (χ0n) is 16.3. The highest BCUT2D eigenvalue weighted by Gasteiger charge is 2.18. The Morgan fingerprint density at radius 1 is 1.18 bits per heavy atom. The Hall–Kier alpha value is -2.89. The molecule has 2 heterocycles. The minimum Gasteiger partial charge on any atom is -0.481 e. The van der Waals surface area contributed by atoms with E-state index in [1.807, 2.05) is 37.3 Å². The minimum atomic E-state index is -0.837. The molecule has 0 unspecified atom stereocenters. The predicted octanol–water partition coefficient (Wildman–Crippen LogP) is 3.64. The van der Waals surface area contributed by atoms with E-state index in [1.54, 1.807) is 6.20 Å². The molecule has 0 atom stereocenters. The number of aromatic nitrogens is 1. The van der Waals surface area contributed by atoms with Gasteiger partial charge >= 0.3 is 5.97 Å². The summed E-state index contributed by atoms with van der Waals surface area (Å²) in [6.07, 6.45) is 5.98. The molecule has 0 spiro atoms. The molecule has 2 aromatic rings. The summed E-state index contributed by atoms with van der Waals surface area (Å²) in [6, 6.07) is 9.82. The fraction of sp³-hybridized carbons (Fsp3) is 0.409. The second-order valence-corrected chi connectivity index (χ2v) is 7.24. The molecular weight excluding hydrogens is 354 g/mol. The van der Waals surface area contributed by atoms with Crippen molar-refractivity contribution in [3.63, 3.8) is 0 Å². The monoisotopic (exact) mass is 381 g/mol. The second kappa shape index (κ2) is 9.35. The first-order valence-corrected chi connectivity index (χ1v) is 9.88. The van der Waals surface area contributed by atoms with Crippen LogP contribution >= 0.6 is 0 Å². The summed E-state index contributed by atoms with van der Waals surface area (Å²) < 4.78 is 0. The summed E-state index contributed by atoms with van der Waals surface area (Å²) in [7, 11) is 0. The molecule has 2 N–H and O–H groups in total. The maximum absolute atomic E-state index is 11.7. The van der Waals surface area contributed by atoms with Gasteiger partial charge in [-0.2, -0.15) is 0 Å². The van der Waals surface area contributed by atoms with Crippen molar-refractivity contribution in [2.45, 2.75) is 45.4 Å². The number of nitrogens with one attached hydrogen (secondary N) is 1. The van der Waals surface area contributed by atoms with Crippen LogP contribution in [0.4, 0.5) is 11.4 Å². The van der Waals surface area contributed by atoms with Crippen molar-refractivity contribution in [1.82, 2.24) is 4.98 Å². The first-order chi connectivity index (χ1) is 13.5. The summed E-state index contributed by atoms with van der Waals surface area (Å²) in [5.74, 6) is -0.808. The molecule has 6 heteroatoms. The Bertz CT molecular complexity index is 827. The van der Waals surface area contributed by atoms with Gasteiger partial charge in [-0.05, 0) is 43.0 Å².